The highest BCUT2D eigenvalue weighted by Crippen LogP contribution is 2.25. The maximum absolute atomic E-state index is 11.6. The van der Waals surface area contributed by atoms with Gasteiger partial charge in [0.05, 0.1) is 24.0 Å². The highest BCUT2D eigenvalue weighted by molar-refractivity contribution is 5.92. The number of hydrogen-bond donors (Lipinski definition) is 1. The van der Waals surface area contributed by atoms with Crippen LogP contribution in [0.3, 0.4) is 0 Å². The minimum atomic E-state index is -0.361. The molecule has 0 aliphatic heterocycles. The first-order chi connectivity index (χ1) is 10.0. The van der Waals surface area contributed by atoms with Gasteiger partial charge in [0.2, 0.25) is 0 Å². The zero-order valence-corrected chi connectivity index (χ0v) is 12.6. The molecule has 0 fully saturated rings. The fourth-order valence-corrected chi connectivity index (χ4v) is 2.17. The summed E-state index contributed by atoms with van der Waals surface area (Å²) in [6.07, 6.45) is 0. The van der Waals surface area contributed by atoms with Gasteiger partial charge in [-0.2, -0.15) is 0 Å². The molecule has 0 spiro atoms. The molecule has 0 aliphatic rings. The smallest absolute Gasteiger partial charge is 0.337 e. The van der Waals surface area contributed by atoms with E-state index in [0.29, 0.717) is 11.3 Å². The molecule has 2 aromatic rings. The molecule has 0 saturated carbocycles. The summed E-state index contributed by atoms with van der Waals surface area (Å²) in [7, 11) is 3.32. The number of nitrogen functional groups attached to an aromatic ring is 1. The third-order valence-corrected chi connectivity index (χ3v) is 3.40. The number of methoxy groups -OCH3 is 1. The summed E-state index contributed by atoms with van der Waals surface area (Å²) in [5, 5.41) is 0. The molecule has 0 amide bonds. The van der Waals surface area contributed by atoms with Gasteiger partial charge < -0.3 is 15.4 Å². The number of aryl methyl sites for hydroxylation is 1. The molecule has 0 unspecified atom stereocenters. The number of ether oxygens (including phenoxy) is 1. The van der Waals surface area contributed by atoms with E-state index in [9.17, 15) is 4.79 Å². The lowest BCUT2D eigenvalue weighted by Crippen LogP contribution is -2.18. The van der Waals surface area contributed by atoms with Gasteiger partial charge in [0.15, 0.2) is 0 Å². The number of carbonyl (C=O) groups excluding carboxylic acids is 1. The van der Waals surface area contributed by atoms with E-state index in [2.05, 4.69) is 31.2 Å². The number of nitrogens with two attached hydrogens (primary N) is 1. The van der Waals surface area contributed by atoms with Crippen molar-refractivity contribution in [2.45, 2.75) is 13.5 Å². The summed E-state index contributed by atoms with van der Waals surface area (Å²) in [6, 6.07) is 13.5. The van der Waals surface area contributed by atoms with Crippen LogP contribution in [0.2, 0.25) is 0 Å². The Bertz CT molecular complexity index is 636. The van der Waals surface area contributed by atoms with Gasteiger partial charge in [-0.05, 0) is 30.7 Å². The Morgan fingerprint density at radius 1 is 1.19 bits per heavy atom. The van der Waals surface area contributed by atoms with Crippen LogP contribution >= 0.6 is 0 Å². The van der Waals surface area contributed by atoms with Gasteiger partial charge >= 0.3 is 5.97 Å². The van der Waals surface area contributed by atoms with E-state index in [0.717, 1.165) is 12.2 Å². The number of benzene rings is 2. The van der Waals surface area contributed by atoms with Crippen LogP contribution in [-0.4, -0.2) is 20.1 Å². The molecule has 2 rings (SSSR count). The van der Waals surface area contributed by atoms with Gasteiger partial charge in [-0.15, -0.1) is 0 Å². The average Bonchev–Trinajstić information content (AvgIpc) is 2.49. The molecule has 4 nitrogen and oxygen atoms in total. The van der Waals surface area contributed by atoms with Crippen molar-refractivity contribution in [1.82, 2.24) is 0 Å². The van der Waals surface area contributed by atoms with E-state index < -0.39 is 0 Å². The maximum atomic E-state index is 11.6. The molecule has 0 radical (unpaired) electrons. The fourth-order valence-electron chi connectivity index (χ4n) is 2.17. The van der Waals surface area contributed by atoms with Crippen molar-refractivity contribution in [3.63, 3.8) is 0 Å². The Kier molecular flexibility index (Phi) is 4.48. The largest absolute Gasteiger partial charge is 0.465 e. The molecule has 0 aromatic heterocycles. The van der Waals surface area contributed by atoms with E-state index in [-0.39, 0.29) is 5.97 Å². The van der Waals surface area contributed by atoms with Crippen LogP contribution in [0.25, 0.3) is 0 Å². The topological polar surface area (TPSA) is 55.6 Å². The van der Waals surface area contributed by atoms with E-state index >= 15 is 0 Å². The molecular formula is C17H20N2O2. The highest BCUT2D eigenvalue weighted by Gasteiger charge is 2.11. The van der Waals surface area contributed by atoms with Gasteiger partial charge in [-0.1, -0.05) is 29.8 Å². The van der Waals surface area contributed by atoms with Crippen molar-refractivity contribution >= 4 is 17.3 Å². The summed E-state index contributed by atoms with van der Waals surface area (Å²) in [4.78, 5) is 13.6. The Morgan fingerprint density at radius 2 is 1.86 bits per heavy atom. The van der Waals surface area contributed by atoms with Gasteiger partial charge in [0.1, 0.15) is 0 Å². The van der Waals surface area contributed by atoms with Crippen LogP contribution < -0.4 is 10.6 Å². The van der Waals surface area contributed by atoms with Crippen LogP contribution in [0.15, 0.2) is 42.5 Å². The molecular weight excluding hydrogens is 264 g/mol. The van der Waals surface area contributed by atoms with Crippen LogP contribution in [-0.2, 0) is 11.3 Å². The van der Waals surface area contributed by atoms with Gasteiger partial charge in [-0.25, -0.2) is 4.79 Å². The lowest BCUT2D eigenvalue weighted by molar-refractivity contribution is 0.0601. The molecule has 21 heavy (non-hydrogen) atoms. The Labute approximate surface area is 125 Å². The quantitative estimate of drug-likeness (QED) is 0.692. The van der Waals surface area contributed by atoms with Gasteiger partial charge in [-0.3, -0.25) is 0 Å². The molecule has 2 N–H and O–H groups in total. The molecule has 0 aliphatic carbocycles. The third-order valence-electron chi connectivity index (χ3n) is 3.40. The Hall–Kier alpha value is -2.49. The van der Waals surface area contributed by atoms with E-state index in [1.54, 1.807) is 18.2 Å². The van der Waals surface area contributed by atoms with Crippen LogP contribution in [0.4, 0.5) is 11.4 Å². The fraction of sp³-hybridized carbons (Fsp3) is 0.235. The van der Waals surface area contributed by atoms with Gasteiger partial charge in [0, 0.05) is 13.6 Å². The lowest BCUT2D eigenvalue weighted by Gasteiger charge is -2.22. The minimum Gasteiger partial charge on any atom is -0.465 e. The molecule has 110 valence electrons. The third kappa shape index (κ3) is 3.54. The summed E-state index contributed by atoms with van der Waals surface area (Å²) in [5.74, 6) is -0.361. The zero-order chi connectivity index (χ0) is 15.4. The first kappa shape index (κ1) is 14.9. The van der Waals surface area contributed by atoms with Crippen LogP contribution in [0, 0.1) is 6.92 Å². The average molecular weight is 284 g/mol. The maximum Gasteiger partial charge on any atom is 0.337 e. The first-order valence-electron chi connectivity index (χ1n) is 6.76. The van der Waals surface area contributed by atoms with E-state index in [4.69, 9.17) is 10.5 Å². The standard InChI is InChI=1S/C17H20N2O2/c1-12-4-6-13(7-5-12)11-19(2)16-10-14(17(20)21-3)8-9-15(16)18/h4-10H,11,18H2,1-3H3. The predicted octanol–water partition coefficient (Wildman–Crippen LogP) is 3.00. The SMILES string of the molecule is COC(=O)c1ccc(N)c(N(C)Cc2ccc(C)cc2)c1. The normalized spacial score (nSPS) is 10.2. The summed E-state index contributed by atoms with van der Waals surface area (Å²) < 4.78 is 4.74. The van der Waals surface area contributed by atoms with Gasteiger partial charge in [0.25, 0.3) is 0 Å². The van der Waals surface area contributed by atoms with Crippen molar-refractivity contribution in [3.8, 4) is 0 Å². The minimum absolute atomic E-state index is 0.361. The number of carbonyl (C=O) groups is 1. The number of hydrogen-bond acceptors (Lipinski definition) is 4. The van der Waals surface area contributed by atoms with Crippen molar-refractivity contribution in [2.24, 2.45) is 0 Å². The van der Waals surface area contributed by atoms with Crippen LogP contribution in [0.1, 0.15) is 21.5 Å². The van der Waals surface area contributed by atoms with Crippen molar-refractivity contribution < 1.29 is 9.53 Å². The Balaban J connectivity index is 2.23. The molecule has 2 aromatic carbocycles. The number of anilines is 2. The van der Waals surface area contributed by atoms with Crippen LogP contribution in [0.5, 0.6) is 0 Å². The number of nitrogens with zero attached hydrogens (tertiary/aromatic N) is 1. The second-order valence-corrected chi connectivity index (χ2v) is 5.11. The second kappa shape index (κ2) is 6.31. The number of rotatable bonds is 4. The summed E-state index contributed by atoms with van der Waals surface area (Å²) in [5.41, 5.74) is 10.4. The second-order valence-electron chi connectivity index (χ2n) is 5.11. The molecule has 0 saturated heterocycles. The van der Waals surface area contributed by atoms with Crippen molar-refractivity contribution in [3.05, 3.63) is 59.2 Å². The monoisotopic (exact) mass is 284 g/mol. The lowest BCUT2D eigenvalue weighted by atomic mass is 10.1. The number of esters is 1. The van der Waals surface area contributed by atoms with E-state index in [1.165, 1.54) is 18.2 Å². The predicted molar refractivity (Wildman–Crippen MR) is 85.5 cm³/mol. The van der Waals surface area contributed by atoms with Crippen molar-refractivity contribution in [2.75, 3.05) is 24.8 Å². The first-order valence-corrected chi connectivity index (χ1v) is 6.76. The zero-order valence-electron chi connectivity index (χ0n) is 12.6. The summed E-state index contributed by atoms with van der Waals surface area (Å²) in [6.45, 7) is 2.78. The molecule has 4 heteroatoms. The molecule has 0 bridgehead atoms. The molecule has 0 heterocycles. The van der Waals surface area contributed by atoms with E-state index in [1.807, 2.05) is 11.9 Å². The molecule has 0 atom stereocenters. The highest BCUT2D eigenvalue weighted by atomic mass is 16.5. The Morgan fingerprint density at radius 3 is 2.48 bits per heavy atom. The summed E-state index contributed by atoms with van der Waals surface area (Å²) >= 11 is 0. The van der Waals surface area contributed by atoms with Crippen molar-refractivity contribution in [1.29, 1.82) is 0 Å².